The fourth-order valence-corrected chi connectivity index (χ4v) is 5.30. The van der Waals surface area contributed by atoms with E-state index in [4.69, 9.17) is 9.47 Å². The lowest BCUT2D eigenvalue weighted by atomic mass is 9.77. The van der Waals surface area contributed by atoms with Crippen molar-refractivity contribution in [1.29, 1.82) is 0 Å². The fourth-order valence-electron chi connectivity index (χ4n) is 5.30. The van der Waals surface area contributed by atoms with Gasteiger partial charge in [-0.1, -0.05) is 42.5 Å². The second kappa shape index (κ2) is 11.6. The van der Waals surface area contributed by atoms with Crippen molar-refractivity contribution in [2.24, 2.45) is 5.41 Å². The molecular weight excluding hydrogens is 442 g/mol. The summed E-state index contributed by atoms with van der Waals surface area (Å²) in [4.78, 5) is 29.4. The Morgan fingerprint density at radius 3 is 2.46 bits per heavy atom. The summed E-state index contributed by atoms with van der Waals surface area (Å²) in [5.74, 6) is 1.09. The molecule has 0 bridgehead atoms. The second-order valence-corrected chi connectivity index (χ2v) is 9.73. The highest BCUT2D eigenvalue weighted by Crippen LogP contribution is 2.41. The lowest BCUT2D eigenvalue weighted by Gasteiger charge is -2.39. The van der Waals surface area contributed by atoms with Crippen molar-refractivity contribution in [3.05, 3.63) is 65.7 Å². The molecule has 1 N–H and O–H groups in total. The Bertz CT molecular complexity index is 971. The first-order valence-corrected chi connectivity index (χ1v) is 12.6. The summed E-state index contributed by atoms with van der Waals surface area (Å²) < 4.78 is 10.4. The Morgan fingerprint density at radius 1 is 1.09 bits per heavy atom. The van der Waals surface area contributed by atoms with Crippen LogP contribution >= 0.6 is 0 Å². The minimum absolute atomic E-state index is 0.0841. The first-order valence-electron chi connectivity index (χ1n) is 12.6. The average Bonchev–Trinajstić information content (AvgIpc) is 3.18. The third-order valence-corrected chi connectivity index (χ3v) is 7.36. The molecule has 2 amide bonds. The van der Waals surface area contributed by atoms with Crippen molar-refractivity contribution in [2.45, 2.75) is 45.2 Å². The summed E-state index contributed by atoms with van der Waals surface area (Å²) in [5.41, 5.74) is 2.31. The molecule has 1 atom stereocenters. The van der Waals surface area contributed by atoms with E-state index in [2.05, 4.69) is 10.2 Å². The Kier molecular flexibility index (Phi) is 8.29. The van der Waals surface area contributed by atoms with Crippen LogP contribution < -0.4 is 10.1 Å². The van der Waals surface area contributed by atoms with Crippen molar-refractivity contribution in [3.63, 3.8) is 0 Å². The topological polar surface area (TPSA) is 71.1 Å². The van der Waals surface area contributed by atoms with Crippen LogP contribution in [0, 0.1) is 5.41 Å². The molecule has 0 radical (unpaired) electrons. The van der Waals surface area contributed by atoms with Crippen molar-refractivity contribution in [1.82, 2.24) is 15.1 Å². The number of methoxy groups -OCH3 is 1. The molecular formula is C28H37N3O4. The zero-order valence-corrected chi connectivity index (χ0v) is 20.9. The van der Waals surface area contributed by atoms with Crippen LogP contribution in [0.4, 0.5) is 4.79 Å². The number of piperidine rings is 1. The second-order valence-electron chi connectivity index (χ2n) is 9.73. The summed E-state index contributed by atoms with van der Waals surface area (Å²) in [6.07, 6.45) is 3.14. The highest BCUT2D eigenvalue weighted by Gasteiger charge is 2.44. The van der Waals surface area contributed by atoms with Gasteiger partial charge in [-0.05, 0) is 68.0 Å². The van der Waals surface area contributed by atoms with E-state index < -0.39 is 0 Å². The third-order valence-electron chi connectivity index (χ3n) is 7.36. The normalized spacial score (nSPS) is 18.5. The van der Waals surface area contributed by atoms with Gasteiger partial charge in [0.2, 0.25) is 5.91 Å². The molecule has 2 fully saturated rings. The van der Waals surface area contributed by atoms with E-state index >= 15 is 0 Å². The van der Waals surface area contributed by atoms with Gasteiger partial charge in [-0.15, -0.1) is 0 Å². The Balaban J connectivity index is 1.29. The number of hydrogen-bond acceptors (Lipinski definition) is 5. The van der Waals surface area contributed by atoms with Crippen molar-refractivity contribution in [2.75, 3.05) is 39.9 Å². The van der Waals surface area contributed by atoms with Gasteiger partial charge >= 0.3 is 6.09 Å². The first kappa shape index (κ1) is 25.0. The monoisotopic (exact) mass is 479 g/mol. The molecule has 1 unspecified atom stereocenters. The maximum Gasteiger partial charge on any atom is 0.407 e. The smallest absolute Gasteiger partial charge is 0.407 e. The van der Waals surface area contributed by atoms with E-state index in [0.29, 0.717) is 19.6 Å². The fraction of sp³-hybridized carbons (Fsp3) is 0.500. The van der Waals surface area contributed by atoms with Gasteiger partial charge in [0.1, 0.15) is 5.75 Å². The van der Waals surface area contributed by atoms with Crippen LogP contribution in [0.3, 0.4) is 0 Å². The molecule has 2 aliphatic heterocycles. The Morgan fingerprint density at radius 2 is 1.80 bits per heavy atom. The lowest BCUT2D eigenvalue weighted by Crippen LogP contribution is -2.42. The van der Waals surface area contributed by atoms with E-state index in [1.807, 2.05) is 66.4 Å². The standard InChI is InChI=1S/C28H37N3O4/c1-3-35-27(33)29-25(23-7-5-4-6-8-23)13-16-30-17-14-28(15-18-30)19-26(32)31(21-28)20-22-9-11-24(34-2)12-10-22/h4-12,25H,3,13-21H2,1-2H3,(H,29,33). The molecule has 2 heterocycles. The van der Waals surface area contributed by atoms with Gasteiger partial charge in [0, 0.05) is 26.1 Å². The largest absolute Gasteiger partial charge is 0.497 e. The zero-order chi connectivity index (χ0) is 24.7. The minimum Gasteiger partial charge on any atom is -0.497 e. The van der Waals surface area contributed by atoms with Crippen LogP contribution in [0.1, 0.15) is 49.8 Å². The quantitative estimate of drug-likeness (QED) is 0.578. The van der Waals surface area contributed by atoms with E-state index in [1.54, 1.807) is 7.11 Å². The molecule has 2 aromatic rings. The molecule has 7 nitrogen and oxygen atoms in total. The lowest BCUT2D eigenvalue weighted by molar-refractivity contribution is -0.128. The molecule has 188 valence electrons. The number of likely N-dealkylation sites (tertiary alicyclic amines) is 2. The SMILES string of the molecule is CCOC(=O)NC(CCN1CCC2(CC1)CC(=O)N(Cc1ccc(OC)cc1)C2)c1ccccc1. The van der Waals surface area contributed by atoms with Gasteiger partial charge in [0.05, 0.1) is 19.8 Å². The molecule has 4 rings (SSSR count). The minimum atomic E-state index is -0.375. The van der Waals surface area contributed by atoms with Crippen molar-refractivity contribution < 1.29 is 19.1 Å². The number of nitrogens with one attached hydrogen (secondary N) is 1. The number of ether oxygens (including phenoxy) is 2. The van der Waals surface area contributed by atoms with E-state index in [9.17, 15) is 9.59 Å². The van der Waals surface area contributed by atoms with Crippen molar-refractivity contribution in [3.8, 4) is 5.75 Å². The van der Waals surface area contributed by atoms with E-state index in [0.717, 1.165) is 62.3 Å². The summed E-state index contributed by atoms with van der Waals surface area (Å²) in [7, 11) is 1.66. The molecule has 0 saturated carbocycles. The molecule has 0 aliphatic carbocycles. The van der Waals surface area contributed by atoms with Crippen LogP contribution in [-0.4, -0.2) is 61.7 Å². The summed E-state index contributed by atoms with van der Waals surface area (Å²) in [6.45, 7) is 6.51. The molecule has 35 heavy (non-hydrogen) atoms. The van der Waals surface area contributed by atoms with Gasteiger partial charge in [0.25, 0.3) is 0 Å². The highest BCUT2D eigenvalue weighted by atomic mass is 16.5. The number of alkyl carbamates (subject to hydrolysis) is 1. The first-order chi connectivity index (χ1) is 17.0. The van der Waals surface area contributed by atoms with Gasteiger partial charge in [-0.3, -0.25) is 4.79 Å². The number of rotatable bonds is 9. The van der Waals surface area contributed by atoms with Gasteiger partial charge in [0.15, 0.2) is 0 Å². The Labute approximate surface area is 208 Å². The van der Waals surface area contributed by atoms with Crippen LogP contribution in [0.5, 0.6) is 5.75 Å². The number of benzene rings is 2. The summed E-state index contributed by atoms with van der Waals surface area (Å²) in [5, 5.41) is 3.02. The van der Waals surface area contributed by atoms with Crippen LogP contribution in [-0.2, 0) is 16.1 Å². The van der Waals surface area contributed by atoms with E-state index in [-0.39, 0.29) is 23.5 Å². The van der Waals surface area contributed by atoms with Crippen molar-refractivity contribution >= 4 is 12.0 Å². The number of hydrogen-bond donors (Lipinski definition) is 1. The summed E-state index contributed by atoms with van der Waals surface area (Å²) in [6, 6.07) is 17.9. The number of amides is 2. The summed E-state index contributed by atoms with van der Waals surface area (Å²) >= 11 is 0. The van der Waals surface area contributed by atoms with Crippen LogP contribution in [0.15, 0.2) is 54.6 Å². The maximum atomic E-state index is 12.8. The molecule has 0 aromatic heterocycles. The predicted molar refractivity (Wildman–Crippen MR) is 135 cm³/mol. The average molecular weight is 480 g/mol. The van der Waals surface area contributed by atoms with Gasteiger partial charge < -0.3 is 24.6 Å². The number of nitrogens with zero attached hydrogens (tertiary/aromatic N) is 2. The van der Waals surface area contributed by atoms with Crippen LogP contribution in [0.25, 0.3) is 0 Å². The number of carbonyl (C=O) groups is 2. The Hall–Kier alpha value is -3.06. The van der Waals surface area contributed by atoms with E-state index in [1.165, 1.54) is 0 Å². The molecule has 2 aliphatic rings. The zero-order valence-electron chi connectivity index (χ0n) is 20.9. The molecule has 2 aromatic carbocycles. The maximum absolute atomic E-state index is 12.8. The molecule has 2 saturated heterocycles. The van der Waals surface area contributed by atoms with Gasteiger partial charge in [-0.2, -0.15) is 0 Å². The number of carbonyl (C=O) groups excluding carboxylic acids is 2. The molecule has 1 spiro atoms. The van der Waals surface area contributed by atoms with Crippen LogP contribution in [0.2, 0.25) is 0 Å². The molecule has 7 heteroatoms. The third kappa shape index (κ3) is 6.54. The van der Waals surface area contributed by atoms with Gasteiger partial charge in [-0.25, -0.2) is 4.79 Å². The highest BCUT2D eigenvalue weighted by molar-refractivity contribution is 5.79. The predicted octanol–water partition coefficient (Wildman–Crippen LogP) is 4.39.